The number of halogens is 1. The van der Waals surface area contributed by atoms with E-state index in [1.807, 2.05) is 41.6 Å². The van der Waals surface area contributed by atoms with Crippen molar-refractivity contribution in [3.8, 4) is 0 Å². The topological polar surface area (TPSA) is 40.5 Å². The van der Waals surface area contributed by atoms with Gasteiger partial charge in [-0.15, -0.1) is 11.3 Å². The van der Waals surface area contributed by atoms with Crippen molar-refractivity contribution in [2.45, 2.75) is 6.54 Å². The Morgan fingerprint density at radius 2 is 2.17 bits per heavy atom. The molecule has 0 atom stereocenters. The maximum atomic E-state index is 11.3. The lowest BCUT2D eigenvalue weighted by molar-refractivity contribution is 0.0696. The van der Waals surface area contributed by atoms with Gasteiger partial charge >= 0.3 is 5.97 Å². The second kappa shape index (κ2) is 5.54. The van der Waals surface area contributed by atoms with Gasteiger partial charge in [0.2, 0.25) is 0 Å². The summed E-state index contributed by atoms with van der Waals surface area (Å²) in [6, 6.07) is 9.44. The molecule has 0 amide bonds. The summed E-state index contributed by atoms with van der Waals surface area (Å²) < 4.78 is 0.602. The van der Waals surface area contributed by atoms with E-state index < -0.39 is 5.97 Å². The number of carboxylic acid groups (broad SMARTS) is 1. The third-order valence-electron chi connectivity index (χ3n) is 2.59. The Morgan fingerprint density at radius 1 is 1.39 bits per heavy atom. The predicted molar refractivity (Wildman–Crippen MR) is 77.5 cm³/mol. The summed E-state index contributed by atoms with van der Waals surface area (Å²) in [4.78, 5) is 14.4. The van der Waals surface area contributed by atoms with Gasteiger partial charge in [-0.2, -0.15) is 0 Å². The number of hydrogen-bond acceptors (Lipinski definition) is 3. The lowest BCUT2D eigenvalue weighted by Gasteiger charge is -2.21. The van der Waals surface area contributed by atoms with Crippen LogP contribution in [0.5, 0.6) is 0 Å². The van der Waals surface area contributed by atoms with Crippen LogP contribution in [0.15, 0.2) is 40.2 Å². The summed E-state index contributed by atoms with van der Waals surface area (Å²) in [6.07, 6.45) is 0. The van der Waals surface area contributed by atoms with E-state index >= 15 is 0 Å². The van der Waals surface area contributed by atoms with Crippen molar-refractivity contribution in [2.75, 3.05) is 11.9 Å². The number of rotatable bonds is 4. The molecule has 0 saturated heterocycles. The Hall–Kier alpha value is -1.33. The first-order valence-electron chi connectivity index (χ1n) is 5.35. The van der Waals surface area contributed by atoms with E-state index in [0.29, 0.717) is 22.3 Å². The molecule has 5 heteroatoms. The molecule has 1 aromatic heterocycles. The Balaban J connectivity index is 2.32. The second-order valence-corrected chi connectivity index (χ2v) is 5.76. The zero-order valence-corrected chi connectivity index (χ0v) is 12.2. The fourth-order valence-corrected chi connectivity index (χ4v) is 3.05. The highest BCUT2D eigenvalue weighted by Gasteiger charge is 2.16. The molecule has 0 aliphatic rings. The van der Waals surface area contributed by atoms with E-state index in [0.717, 1.165) is 0 Å². The number of benzene rings is 1. The Bertz CT molecular complexity index is 554. The van der Waals surface area contributed by atoms with E-state index in [1.54, 1.807) is 17.4 Å². The van der Waals surface area contributed by atoms with Crippen molar-refractivity contribution in [1.82, 2.24) is 0 Å². The van der Waals surface area contributed by atoms with Gasteiger partial charge in [0, 0.05) is 16.4 Å². The Labute approximate surface area is 118 Å². The largest absolute Gasteiger partial charge is 0.478 e. The van der Waals surface area contributed by atoms with Crippen LogP contribution in [0.1, 0.15) is 15.2 Å². The monoisotopic (exact) mass is 325 g/mol. The van der Waals surface area contributed by atoms with Crippen LogP contribution in [0.4, 0.5) is 5.69 Å². The molecule has 2 aromatic rings. The summed E-state index contributed by atoms with van der Waals surface area (Å²) in [7, 11) is 1.90. The zero-order chi connectivity index (χ0) is 13.1. The van der Waals surface area contributed by atoms with Gasteiger partial charge < -0.3 is 10.0 Å². The molecule has 94 valence electrons. The van der Waals surface area contributed by atoms with Crippen LogP contribution in [0, 0.1) is 0 Å². The molecule has 3 nitrogen and oxygen atoms in total. The van der Waals surface area contributed by atoms with Crippen molar-refractivity contribution >= 4 is 38.9 Å². The first-order valence-corrected chi connectivity index (χ1v) is 7.02. The van der Waals surface area contributed by atoms with Gasteiger partial charge in [0.05, 0.1) is 17.8 Å². The van der Waals surface area contributed by atoms with Crippen molar-refractivity contribution in [3.05, 3.63) is 50.6 Å². The molecule has 2 rings (SSSR count). The smallest absolute Gasteiger partial charge is 0.338 e. The number of anilines is 1. The van der Waals surface area contributed by atoms with Crippen LogP contribution in [0.3, 0.4) is 0 Å². The zero-order valence-electron chi connectivity index (χ0n) is 9.76. The summed E-state index contributed by atoms with van der Waals surface area (Å²) in [5.74, 6) is -0.921. The van der Waals surface area contributed by atoms with Crippen molar-refractivity contribution in [2.24, 2.45) is 0 Å². The molecule has 0 bridgehead atoms. The summed E-state index contributed by atoms with van der Waals surface area (Å²) in [6.45, 7) is 0.703. The number of nitrogens with zero attached hydrogens (tertiary/aromatic N) is 1. The van der Waals surface area contributed by atoms with E-state index in [9.17, 15) is 9.90 Å². The highest BCUT2D eigenvalue weighted by atomic mass is 79.9. The minimum absolute atomic E-state index is 0.302. The van der Waals surface area contributed by atoms with Crippen molar-refractivity contribution in [1.29, 1.82) is 0 Å². The lowest BCUT2D eigenvalue weighted by Crippen LogP contribution is -2.19. The molecule has 18 heavy (non-hydrogen) atoms. The number of aromatic carboxylic acids is 1. The normalized spacial score (nSPS) is 10.3. The van der Waals surface area contributed by atoms with E-state index in [1.165, 1.54) is 4.88 Å². The predicted octanol–water partition coefficient (Wildman–Crippen LogP) is 3.85. The lowest BCUT2D eigenvalue weighted by atomic mass is 10.1. The average molecular weight is 326 g/mol. The molecule has 1 heterocycles. The molecule has 0 aliphatic carbocycles. The molecule has 0 spiro atoms. The molecular formula is C13H12BrNO2S. The van der Waals surface area contributed by atoms with Crippen LogP contribution in [0.25, 0.3) is 0 Å². The van der Waals surface area contributed by atoms with Gasteiger partial charge in [0.1, 0.15) is 0 Å². The molecule has 0 aliphatic heterocycles. The van der Waals surface area contributed by atoms with Crippen LogP contribution in [-0.4, -0.2) is 18.1 Å². The molecule has 0 unspecified atom stereocenters. The number of carboxylic acids is 1. The molecule has 0 radical (unpaired) electrons. The van der Waals surface area contributed by atoms with E-state index in [2.05, 4.69) is 15.9 Å². The fourth-order valence-electron chi connectivity index (χ4n) is 1.76. The Kier molecular flexibility index (Phi) is 4.04. The molecule has 0 saturated carbocycles. The summed E-state index contributed by atoms with van der Waals surface area (Å²) >= 11 is 4.95. The quantitative estimate of drug-likeness (QED) is 0.928. The Morgan fingerprint density at radius 3 is 2.78 bits per heavy atom. The summed E-state index contributed by atoms with van der Waals surface area (Å²) in [5.41, 5.74) is 1.02. The first kappa shape index (κ1) is 13.1. The standard InChI is InChI=1S/C13H12BrNO2S/c1-15(8-9-4-3-7-18-9)11-6-2-5-10(14)12(11)13(16)17/h2-7H,8H2,1H3,(H,16,17). The molecule has 0 fully saturated rings. The number of carbonyl (C=O) groups is 1. The van der Waals surface area contributed by atoms with Crippen molar-refractivity contribution < 1.29 is 9.90 Å². The summed E-state index contributed by atoms with van der Waals surface area (Å²) in [5, 5.41) is 11.3. The van der Waals surface area contributed by atoms with Crippen LogP contribution in [0.2, 0.25) is 0 Å². The van der Waals surface area contributed by atoms with Crippen molar-refractivity contribution in [3.63, 3.8) is 0 Å². The van der Waals surface area contributed by atoms with Gasteiger partial charge in [0.15, 0.2) is 0 Å². The maximum Gasteiger partial charge on any atom is 0.338 e. The molecule has 1 N–H and O–H groups in total. The second-order valence-electron chi connectivity index (χ2n) is 3.87. The van der Waals surface area contributed by atoms with Crippen LogP contribution < -0.4 is 4.90 Å². The average Bonchev–Trinajstić information content (AvgIpc) is 2.80. The highest BCUT2D eigenvalue weighted by molar-refractivity contribution is 9.10. The van der Waals surface area contributed by atoms with Crippen LogP contribution in [-0.2, 0) is 6.54 Å². The van der Waals surface area contributed by atoms with Gasteiger partial charge in [0.25, 0.3) is 0 Å². The first-order chi connectivity index (χ1) is 8.59. The molecular weight excluding hydrogens is 314 g/mol. The maximum absolute atomic E-state index is 11.3. The number of hydrogen-bond donors (Lipinski definition) is 1. The molecule has 1 aromatic carbocycles. The third kappa shape index (κ3) is 2.73. The SMILES string of the molecule is CN(Cc1cccs1)c1cccc(Br)c1C(=O)O. The third-order valence-corrected chi connectivity index (χ3v) is 4.11. The van der Waals surface area contributed by atoms with E-state index in [-0.39, 0.29) is 0 Å². The highest BCUT2D eigenvalue weighted by Crippen LogP contribution is 2.28. The minimum Gasteiger partial charge on any atom is -0.478 e. The van der Waals surface area contributed by atoms with Gasteiger partial charge in [-0.05, 0) is 39.5 Å². The fraction of sp³-hybridized carbons (Fsp3) is 0.154. The van der Waals surface area contributed by atoms with Gasteiger partial charge in [-0.25, -0.2) is 4.79 Å². The number of thiophene rings is 1. The van der Waals surface area contributed by atoms with Gasteiger partial charge in [-0.3, -0.25) is 0 Å². The van der Waals surface area contributed by atoms with Gasteiger partial charge in [-0.1, -0.05) is 12.1 Å². The van der Waals surface area contributed by atoms with E-state index in [4.69, 9.17) is 0 Å². The minimum atomic E-state index is -0.921. The van der Waals surface area contributed by atoms with Crippen LogP contribution >= 0.6 is 27.3 Å².